The number of hydrogen-bond donors (Lipinski definition) is 2. The molecule has 0 fully saturated rings. The number of aliphatic hydroxyl groups is 1. The summed E-state index contributed by atoms with van der Waals surface area (Å²) in [6.07, 6.45) is 2.07. The molecule has 0 bridgehead atoms. The highest BCUT2D eigenvalue weighted by atomic mass is 79.9. The molecule has 0 spiro atoms. The molecule has 1 heterocycles. The standard InChI is InChI=1S/C7H9BrN2O2S/c8-5-6(12)9-4-10-7(5)13-3-1-2-11/h4,11H,1-3H2,(H,9,10,12). The molecule has 13 heavy (non-hydrogen) atoms. The largest absolute Gasteiger partial charge is 0.396 e. The third-order valence-corrected chi connectivity index (χ3v) is 3.38. The lowest BCUT2D eigenvalue weighted by Gasteiger charge is -1.99. The van der Waals surface area contributed by atoms with Crippen LogP contribution in [0, 0.1) is 0 Å². The van der Waals surface area contributed by atoms with Crippen molar-refractivity contribution in [1.82, 2.24) is 9.97 Å². The van der Waals surface area contributed by atoms with Crippen LogP contribution in [0.25, 0.3) is 0 Å². The van der Waals surface area contributed by atoms with Gasteiger partial charge in [0.15, 0.2) is 0 Å². The third-order valence-electron chi connectivity index (χ3n) is 1.31. The molecular weight excluding hydrogens is 256 g/mol. The van der Waals surface area contributed by atoms with Crippen molar-refractivity contribution >= 4 is 27.7 Å². The number of thioether (sulfide) groups is 1. The number of halogens is 1. The lowest BCUT2D eigenvalue weighted by atomic mass is 10.5. The molecule has 1 aromatic rings. The Bertz CT molecular complexity index is 329. The summed E-state index contributed by atoms with van der Waals surface area (Å²) in [5.41, 5.74) is -0.179. The molecule has 0 radical (unpaired) electrons. The van der Waals surface area contributed by atoms with Gasteiger partial charge in [0.2, 0.25) is 0 Å². The monoisotopic (exact) mass is 264 g/mol. The maximum Gasteiger partial charge on any atom is 0.266 e. The van der Waals surface area contributed by atoms with Gasteiger partial charge in [0.1, 0.15) is 9.50 Å². The third kappa shape index (κ3) is 3.13. The Morgan fingerprint density at radius 3 is 3.15 bits per heavy atom. The number of aromatic amines is 1. The summed E-state index contributed by atoms with van der Waals surface area (Å²) in [6.45, 7) is 0.161. The fourth-order valence-electron chi connectivity index (χ4n) is 0.701. The maximum atomic E-state index is 11.1. The zero-order valence-electron chi connectivity index (χ0n) is 6.79. The Balaban J connectivity index is 2.66. The predicted molar refractivity (Wildman–Crippen MR) is 55.0 cm³/mol. The van der Waals surface area contributed by atoms with E-state index in [9.17, 15) is 4.79 Å². The van der Waals surface area contributed by atoms with Gasteiger partial charge in [-0.05, 0) is 22.4 Å². The lowest BCUT2D eigenvalue weighted by molar-refractivity contribution is 0.296. The normalized spacial score (nSPS) is 10.3. The second kappa shape index (κ2) is 5.41. The van der Waals surface area contributed by atoms with Gasteiger partial charge in [0.05, 0.1) is 6.33 Å². The Kier molecular flexibility index (Phi) is 4.47. The first kappa shape index (κ1) is 10.7. The molecule has 0 aliphatic carbocycles. The average Bonchev–Trinajstić information content (AvgIpc) is 2.13. The van der Waals surface area contributed by atoms with Gasteiger partial charge in [0, 0.05) is 12.4 Å². The van der Waals surface area contributed by atoms with Gasteiger partial charge >= 0.3 is 0 Å². The van der Waals surface area contributed by atoms with Crippen molar-refractivity contribution in [2.45, 2.75) is 11.4 Å². The van der Waals surface area contributed by atoms with Gasteiger partial charge in [-0.15, -0.1) is 11.8 Å². The van der Waals surface area contributed by atoms with Crippen molar-refractivity contribution in [1.29, 1.82) is 0 Å². The fraction of sp³-hybridized carbons (Fsp3) is 0.429. The van der Waals surface area contributed by atoms with Gasteiger partial charge in [-0.25, -0.2) is 4.98 Å². The SMILES string of the molecule is O=c1[nH]cnc(SCCCO)c1Br. The number of nitrogens with one attached hydrogen (secondary N) is 1. The second-order valence-corrected chi connectivity index (χ2v) is 4.15. The van der Waals surface area contributed by atoms with E-state index in [-0.39, 0.29) is 12.2 Å². The molecule has 1 rings (SSSR count). The van der Waals surface area contributed by atoms with Crippen molar-refractivity contribution < 1.29 is 5.11 Å². The highest BCUT2D eigenvalue weighted by molar-refractivity contribution is 9.10. The van der Waals surface area contributed by atoms with Crippen molar-refractivity contribution in [3.05, 3.63) is 21.2 Å². The summed E-state index contributed by atoms with van der Waals surface area (Å²) < 4.78 is 0.456. The Labute approximate surface area is 87.9 Å². The number of hydrogen-bond acceptors (Lipinski definition) is 4. The van der Waals surface area contributed by atoms with Crippen molar-refractivity contribution in [2.75, 3.05) is 12.4 Å². The molecule has 6 heteroatoms. The summed E-state index contributed by atoms with van der Waals surface area (Å²) in [4.78, 5) is 17.5. The smallest absolute Gasteiger partial charge is 0.266 e. The van der Waals surface area contributed by atoms with E-state index in [1.165, 1.54) is 18.1 Å². The van der Waals surface area contributed by atoms with Gasteiger partial charge in [-0.2, -0.15) is 0 Å². The molecule has 0 amide bonds. The van der Waals surface area contributed by atoms with Crippen LogP contribution in [0.15, 0.2) is 20.6 Å². The van der Waals surface area contributed by atoms with Crippen molar-refractivity contribution in [3.63, 3.8) is 0 Å². The molecule has 0 aliphatic heterocycles. The first-order valence-electron chi connectivity index (χ1n) is 3.72. The number of aliphatic hydroxyl groups excluding tert-OH is 1. The number of rotatable bonds is 4. The van der Waals surface area contributed by atoms with E-state index in [2.05, 4.69) is 25.9 Å². The van der Waals surface area contributed by atoms with Crippen LogP contribution in [-0.2, 0) is 0 Å². The topological polar surface area (TPSA) is 66.0 Å². The van der Waals surface area contributed by atoms with Crippen LogP contribution in [0.1, 0.15) is 6.42 Å². The van der Waals surface area contributed by atoms with Gasteiger partial charge in [-0.3, -0.25) is 4.79 Å². The van der Waals surface area contributed by atoms with Crippen LogP contribution in [0.3, 0.4) is 0 Å². The summed E-state index contributed by atoms with van der Waals surface area (Å²) >= 11 is 4.59. The Morgan fingerprint density at radius 2 is 2.46 bits per heavy atom. The van der Waals surface area contributed by atoms with E-state index in [0.717, 1.165) is 5.75 Å². The minimum atomic E-state index is -0.179. The van der Waals surface area contributed by atoms with E-state index < -0.39 is 0 Å². The molecule has 0 atom stereocenters. The van der Waals surface area contributed by atoms with Crippen LogP contribution in [-0.4, -0.2) is 27.4 Å². The number of H-pyrrole nitrogens is 1. The van der Waals surface area contributed by atoms with Crippen LogP contribution in [0.2, 0.25) is 0 Å². The molecule has 2 N–H and O–H groups in total. The van der Waals surface area contributed by atoms with E-state index in [1.807, 2.05) is 0 Å². The molecule has 1 aromatic heterocycles. The quantitative estimate of drug-likeness (QED) is 0.484. The van der Waals surface area contributed by atoms with E-state index in [0.29, 0.717) is 15.9 Å². The van der Waals surface area contributed by atoms with Gasteiger partial charge in [0.25, 0.3) is 5.56 Å². The number of nitrogens with zero attached hydrogens (tertiary/aromatic N) is 1. The summed E-state index contributed by atoms with van der Waals surface area (Å²) in [7, 11) is 0. The zero-order chi connectivity index (χ0) is 9.68. The lowest BCUT2D eigenvalue weighted by Crippen LogP contribution is -2.08. The molecule has 0 saturated heterocycles. The van der Waals surface area contributed by atoms with Gasteiger partial charge in [-0.1, -0.05) is 0 Å². The minimum absolute atomic E-state index is 0.161. The first-order valence-corrected chi connectivity index (χ1v) is 5.50. The molecule has 0 aromatic carbocycles. The van der Waals surface area contributed by atoms with Crippen molar-refractivity contribution in [3.8, 4) is 0 Å². The maximum absolute atomic E-state index is 11.1. The van der Waals surface area contributed by atoms with Crippen LogP contribution in [0.5, 0.6) is 0 Å². The Hall–Kier alpha value is -0.330. The fourth-order valence-corrected chi connectivity index (χ4v) is 2.07. The number of aromatic nitrogens is 2. The molecule has 0 unspecified atom stereocenters. The van der Waals surface area contributed by atoms with E-state index in [4.69, 9.17) is 5.11 Å². The molecule has 0 saturated carbocycles. The highest BCUT2D eigenvalue weighted by Gasteiger charge is 2.04. The van der Waals surface area contributed by atoms with Crippen molar-refractivity contribution in [2.24, 2.45) is 0 Å². The van der Waals surface area contributed by atoms with E-state index >= 15 is 0 Å². The summed E-state index contributed by atoms with van der Waals surface area (Å²) in [5.74, 6) is 0.756. The first-order chi connectivity index (χ1) is 6.25. The Morgan fingerprint density at radius 1 is 1.69 bits per heavy atom. The second-order valence-electron chi connectivity index (χ2n) is 2.28. The van der Waals surface area contributed by atoms with Crippen LogP contribution in [0.4, 0.5) is 0 Å². The van der Waals surface area contributed by atoms with Crippen LogP contribution >= 0.6 is 27.7 Å². The minimum Gasteiger partial charge on any atom is -0.396 e. The molecular formula is C7H9BrN2O2S. The molecule has 4 nitrogen and oxygen atoms in total. The molecule has 0 aliphatic rings. The van der Waals surface area contributed by atoms with Gasteiger partial charge < -0.3 is 10.1 Å². The van der Waals surface area contributed by atoms with Crippen LogP contribution < -0.4 is 5.56 Å². The molecule has 72 valence electrons. The zero-order valence-corrected chi connectivity index (χ0v) is 9.19. The van der Waals surface area contributed by atoms with E-state index in [1.54, 1.807) is 0 Å². The summed E-state index contributed by atoms with van der Waals surface area (Å²) in [5, 5.41) is 9.22. The highest BCUT2D eigenvalue weighted by Crippen LogP contribution is 2.21. The average molecular weight is 265 g/mol. The summed E-state index contributed by atoms with van der Waals surface area (Å²) in [6, 6.07) is 0. The predicted octanol–water partition coefficient (Wildman–Crippen LogP) is 1.01.